The summed E-state index contributed by atoms with van der Waals surface area (Å²) in [6, 6.07) is 8.43. The average Bonchev–Trinajstić information content (AvgIpc) is 3.35. The van der Waals surface area contributed by atoms with Gasteiger partial charge in [-0.05, 0) is 42.3 Å². The van der Waals surface area contributed by atoms with E-state index in [9.17, 15) is 13.6 Å². The van der Waals surface area contributed by atoms with E-state index in [4.69, 9.17) is 4.74 Å². The van der Waals surface area contributed by atoms with Crippen molar-refractivity contribution in [2.45, 2.75) is 13.3 Å². The molecule has 2 N–H and O–H groups in total. The van der Waals surface area contributed by atoms with Gasteiger partial charge in [-0.2, -0.15) is 4.39 Å². The van der Waals surface area contributed by atoms with Crippen LogP contribution in [0.2, 0.25) is 0 Å². The minimum Gasteiger partial charge on any atom is -0.494 e. The summed E-state index contributed by atoms with van der Waals surface area (Å²) in [5.74, 6) is -1.76. The lowest BCUT2D eigenvalue weighted by atomic mass is 10.0. The molecule has 1 fully saturated rings. The minimum absolute atomic E-state index is 0.0341. The van der Waals surface area contributed by atoms with Gasteiger partial charge in [-0.15, -0.1) is 0 Å². The highest BCUT2D eigenvalue weighted by molar-refractivity contribution is 5.96. The number of fused-ring (bicyclic) bond motifs is 1. The molecule has 0 saturated carbocycles. The summed E-state index contributed by atoms with van der Waals surface area (Å²) in [5, 5.41) is 6.52. The van der Waals surface area contributed by atoms with E-state index < -0.39 is 11.6 Å². The molecule has 4 aromatic rings. The highest BCUT2D eigenvalue weighted by atomic mass is 19.2. The van der Waals surface area contributed by atoms with Crippen molar-refractivity contribution >= 4 is 23.1 Å². The van der Waals surface area contributed by atoms with Crippen LogP contribution in [0.4, 0.5) is 20.3 Å². The van der Waals surface area contributed by atoms with Crippen LogP contribution in [0.3, 0.4) is 0 Å². The third-order valence-corrected chi connectivity index (χ3v) is 6.35. The van der Waals surface area contributed by atoms with Crippen LogP contribution in [0.25, 0.3) is 16.9 Å². The van der Waals surface area contributed by atoms with Gasteiger partial charge < -0.3 is 20.3 Å². The van der Waals surface area contributed by atoms with Crippen LogP contribution >= 0.6 is 0 Å². The monoisotopic (exact) mass is 492 g/mol. The number of amides is 1. The second kappa shape index (κ2) is 9.90. The normalized spacial score (nSPS) is 13.7. The van der Waals surface area contributed by atoms with Crippen molar-refractivity contribution in [3.05, 3.63) is 71.7 Å². The molecule has 1 saturated heterocycles. The van der Waals surface area contributed by atoms with Gasteiger partial charge in [0.25, 0.3) is 5.91 Å². The fourth-order valence-electron chi connectivity index (χ4n) is 4.44. The maximum Gasteiger partial charge on any atom is 0.254 e. The van der Waals surface area contributed by atoms with E-state index in [-0.39, 0.29) is 17.2 Å². The molecule has 2 aromatic heterocycles. The van der Waals surface area contributed by atoms with Gasteiger partial charge in [-0.25, -0.2) is 14.4 Å². The van der Waals surface area contributed by atoms with Crippen LogP contribution in [-0.4, -0.2) is 58.5 Å². The van der Waals surface area contributed by atoms with Crippen LogP contribution in [0.1, 0.15) is 22.8 Å². The van der Waals surface area contributed by atoms with Crippen LogP contribution < -0.4 is 15.4 Å². The van der Waals surface area contributed by atoms with Gasteiger partial charge in [-0.1, -0.05) is 6.92 Å². The van der Waals surface area contributed by atoms with E-state index >= 15 is 0 Å². The average molecular weight is 493 g/mol. The Balaban J connectivity index is 1.46. The zero-order valence-corrected chi connectivity index (χ0v) is 20.0. The summed E-state index contributed by atoms with van der Waals surface area (Å²) in [6.07, 6.45) is 5.35. The number of carbonyl (C=O) groups is 1. The standard InChI is InChI=1S/C26H26F2N6O2/c1-3-16-14-17(4-5-18(16)26(35)33-11-8-29-9-12-33)32-24-25-31-15-20(34(25)13-10-30-24)19-6-7-21(36-2)23(28)22(19)27/h4-7,10,13-15,29H,3,8-9,11-12H2,1-2H3,(H,30,32). The third-order valence-electron chi connectivity index (χ3n) is 6.35. The van der Waals surface area contributed by atoms with Crippen molar-refractivity contribution in [3.63, 3.8) is 0 Å². The summed E-state index contributed by atoms with van der Waals surface area (Å²) < 4.78 is 35.6. The largest absolute Gasteiger partial charge is 0.494 e. The Hall–Kier alpha value is -4.05. The first-order chi connectivity index (χ1) is 17.5. The quantitative estimate of drug-likeness (QED) is 0.423. The molecular weight excluding hydrogens is 466 g/mol. The van der Waals surface area contributed by atoms with Crippen molar-refractivity contribution in [3.8, 4) is 17.0 Å². The molecule has 1 aliphatic rings. The van der Waals surface area contributed by atoms with Gasteiger partial charge in [0.1, 0.15) is 0 Å². The number of imidazole rings is 1. The number of hydrogen-bond donors (Lipinski definition) is 2. The number of piperazine rings is 1. The number of ether oxygens (including phenoxy) is 1. The lowest BCUT2D eigenvalue weighted by Crippen LogP contribution is -2.46. The van der Waals surface area contributed by atoms with Crippen LogP contribution in [0.5, 0.6) is 5.75 Å². The second-order valence-electron chi connectivity index (χ2n) is 8.45. The van der Waals surface area contributed by atoms with E-state index in [0.717, 1.165) is 24.3 Å². The topological polar surface area (TPSA) is 83.8 Å². The van der Waals surface area contributed by atoms with E-state index in [1.807, 2.05) is 30.0 Å². The maximum absolute atomic E-state index is 14.7. The van der Waals surface area contributed by atoms with E-state index in [1.165, 1.54) is 25.4 Å². The second-order valence-corrected chi connectivity index (χ2v) is 8.45. The molecule has 1 aliphatic heterocycles. The number of aromatic nitrogens is 3. The zero-order valence-electron chi connectivity index (χ0n) is 20.0. The molecule has 0 radical (unpaired) electrons. The summed E-state index contributed by atoms with van der Waals surface area (Å²) >= 11 is 0. The Bertz CT molecular complexity index is 1430. The number of anilines is 2. The predicted octanol–water partition coefficient (Wildman–Crippen LogP) is 4.03. The number of nitrogens with one attached hydrogen (secondary N) is 2. The zero-order chi connectivity index (χ0) is 25.2. The van der Waals surface area contributed by atoms with Gasteiger partial charge in [0.15, 0.2) is 23.0 Å². The predicted molar refractivity (Wildman–Crippen MR) is 133 cm³/mol. The first kappa shape index (κ1) is 23.7. The Morgan fingerprint density at radius 2 is 1.94 bits per heavy atom. The number of rotatable bonds is 6. The third kappa shape index (κ3) is 4.24. The minimum atomic E-state index is -1.06. The molecule has 36 heavy (non-hydrogen) atoms. The van der Waals surface area contributed by atoms with Crippen molar-refractivity contribution in [2.24, 2.45) is 0 Å². The van der Waals surface area contributed by atoms with Gasteiger partial charge in [-0.3, -0.25) is 9.20 Å². The summed E-state index contributed by atoms with van der Waals surface area (Å²) in [6.45, 7) is 4.98. The molecule has 10 heteroatoms. The number of nitrogens with zero attached hydrogens (tertiary/aromatic N) is 4. The molecule has 2 aromatic carbocycles. The highest BCUT2D eigenvalue weighted by Gasteiger charge is 2.21. The molecule has 0 spiro atoms. The molecule has 0 bridgehead atoms. The molecule has 8 nitrogen and oxygen atoms in total. The summed E-state index contributed by atoms with van der Waals surface area (Å²) in [4.78, 5) is 23.7. The molecule has 0 aliphatic carbocycles. The highest BCUT2D eigenvalue weighted by Crippen LogP contribution is 2.31. The van der Waals surface area contributed by atoms with Crippen molar-refractivity contribution in [1.82, 2.24) is 24.6 Å². The summed E-state index contributed by atoms with van der Waals surface area (Å²) in [7, 11) is 1.28. The van der Waals surface area contributed by atoms with Gasteiger partial charge in [0.05, 0.1) is 19.0 Å². The summed E-state index contributed by atoms with van der Waals surface area (Å²) in [5.41, 5.74) is 3.24. The SMILES string of the molecule is CCc1cc(Nc2nccn3c(-c4ccc(OC)c(F)c4F)cnc23)ccc1C(=O)N1CCNCC1. The molecule has 186 valence electrons. The lowest BCUT2D eigenvalue weighted by Gasteiger charge is -2.28. The van der Waals surface area contributed by atoms with E-state index in [2.05, 4.69) is 20.6 Å². The molecule has 0 atom stereocenters. The van der Waals surface area contributed by atoms with E-state index in [1.54, 1.807) is 16.8 Å². The van der Waals surface area contributed by atoms with Crippen molar-refractivity contribution < 1.29 is 18.3 Å². The van der Waals surface area contributed by atoms with Crippen LogP contribution in [-0.2, 0) is 6.42 Å². The fraction of sp³-hybridized carbons (Fsp3) is 0.269. The molecular formula is C26H26F2N6O2. The number of carbonyl (C=O) groups excluding carboxylic acids is 1. The maximum atomic E-state index is 14.7. The molecule has 3 heterocycles. The number of benzene rings is 2. The lowest BCUT2D eigenvalue weighted by molar-refractivity contribution is 0.0734. The number of hydrogen-bond acceptors (Lipinski definition) is 6. The fourth-order valence-corrected chi connectivity index (χ4v) is 4.44. The molecule has 5 rings (SSSR count). The Morgan fingerprint density at radius 1 is 1.14 bits per heavy atom. The Labute approximate surface area is 206 Å². The Morgan fingerprint density at radius 3 is 2.69 bits per heavy atom. The van der Waals surface area contributed by atoms with E-state index in [0.29, 0.717) is 42.2 Å². The van der Waals surface area contributed by atoms with Gasteiger partial charge in [0.2, 0.25) is 5.82 Å². The number of methoxy groups -OCH3 is 1. The smallest absolute Gasteiger partial charge is 0.254 e. The van der Waals surface area contributed by atoms with Gasteiger partial charge >= 0.3 is 0 Å². The Kier molecular flexibility index (Phi) is 6.51. The van der Waals surface area contributed by atoms with Gasteiger partial charge in [0, 0.05) is 55.4 Å². The van der Waals surface area contributed by atoms with Crippen LogP contribution in [0.15, 0.2) is 48.9 Å². The van der Waals surface area contributed by atoms with Crippen LogP contribution in [0, 0.1) is 11.6 Å². The van der Waals surface area contributed by atoms with Crippen molar-refractivity contribution in [1.29, 1.82) is 0 Å². The molecule has 1 amide bonds. The first-order valence-corrected chi connectivity index (χ1v) is 11.8. The number of halogens is 2. The first-order valence-electron chi connectivity index (χ1n) is 11.8. The van der Waals surface area contributed by atoms with Crippen molar-refractivity contribution in [2.75, 3.05) is 38.6 Å². The molecule has 0 unspecified atom stereocenters. The number of aryl methyl sites for hydroxylation is 1.